The lowest BCUT2D eigenvalue weighted by Gasteiger charge is -2.06. The van der Waals surface area contributed by atoms with Gasteiger partial charge in [-0.05, 0) is 59.7 Å². The predicted molar refractivity (Wildman–Crippen MR) is 133 cm³/mol. The summed E-state index contributed by atoms with van der Waals surface area (Å²) in [4.78, 5) is 5.79. The van der Waals surface area contributed by atoms with E-state index in [1.807, 2.05) is 43.3 Å². The summed E-state index contributed by atoms with van der Waals surface area (Å²) in [6, 6.07) is 27.0. The highest BCUT2D eigenvalue weighted by molar-refractivity contribution is 7.98. The molecule has 0 aliphatic heterocycles. The van der Waals surface area contributed by atoms with Crippen LogP contribution in [-0.2, 0) is 5.75 Å². The molecule has 0 aliphatic rings. The first kappa shape index (κ1) is 20.7. The third-order valence-electron chi connectivity index (χ3n) is 5.26. The largest absolute Gasteiger partial charge is 0.497 e. The summed E-state index contributed by atoms with van der Waals surface area (Å²) >= 11 is 3.34. The number of fused-ring (bicyclic) bond motifs is 1. The molecule has 6 heteroatoms. The van der Waals surface area contributed by atoms with Gasteiger partial charge in [0.2, 0.25) is 0 Å². The van der Waals surface area contributed by atoms with E-state index in [2.05, 4.69) is 52.7 Å². The summed E-state index contributed by atoms with van der Waals surface area (Å²) < 4.78 is 5.25. The third kappa shape index (κ3) is 4.24. The predicted octanol–water partition coefficient (Wildman–Crippen LogP) is 7.03. The van der Waals surface area contributed by atoms with Crippen molar-refractivity contribution in [3.8, 4) is 26.9 Å². The summed E-state index contributed by atoms with van der Waals surface area (Å²) in [6.45, 7) is 2.02. The quantitative estimate of drug-likeness (QED) is 0.257. The van der Waals surface area contributed by atoms with Crippen molar-refractivity contribution in [2.75, 3.05) is 7.11 Å². The van der Waals surface area contributed by atoms with E-state index in [4.69, 9.17) is 9.72 Å². The fraction of sp³-hybridized carbons (Fsp3) is 0.115. The molecule has 0 saturated carbocycles. The highest BCUT2D eigenvalue weighted by Gasteiger charge is 2.13. The van der Waals surface area contributed by atoms with Gasteiger partial charge in [-0.15, -0.1) is 21.5 Å². The van der Waals surface area contributed by atoms with Crippen LogP contribution in [0.15, 0.2) is 83.9 Å². The second-order valence-electron chi connectivity index (χ2n) is 7.35. The van der Waals surface area contributed by atoms with Crippen molar-refractivity contribution in [3.05, 3.63) is 90.1 Å². The van der Waals surface area contributed by atoms with Crippen LogP contribution in [0, 0.1) is 6.92 Å². The van der Waals surface area contributed by atoms with Gasteiger partial charge >= 0.3 is 0 Å². The zero-order valence-electron chi connectivity index (χ0n) is 17.8. The number of hydrogen-bond donors (Lipinski definition) is 0. The number of methoxy groups -OCH3 is 1. The molecule has 158 valence electrons. The van der Waals surface area contributed by atoms with E-state index < -0.39 is 0 Å². The molecule has 2 heterocycles. The number of thioether (sulfide) groups is 1. The van der Waals surface area contributed by atoms with Crippen molar-refractivity contribution in [1.29, 1.82) is 0 Å². The van der Waals surface area contributed by atoms with Gasteiger partial charge < -0.3 is 4.74 Å². The molecule has 4 nitrogen and oxygen atoms in total. The van der Waals surface area contributed by atoms with Crippen molar-refractivity contribution in [1.82, 2.24) is 15.2 Å². The molecular formula is C26H21N3OS2. The molecule has 0 fully saturated rings. The lowest BCUT2D eigenvalue weighted by molar-refractivity contribution is 0.415. The smallest absolute Gasteiger partial charge is 0.124 e. The molecular weight excluding hydrogens is 434 g/mol. The van der Waals surface area contributed by atoms with Crippen LogP contribution < -0.4 is 4.74 Å². The van der Waals surface area contributed by atoms with Gasteiger partial charge in [0, 0.05) is 11.3 Å². The van der Waals surface area contributed by atoms with Crippen molar-refractivity contribution >= 4 is 33.9 Å². The first-order valence-corrected chi connectivity index (χ1v) is 12.1. The van der Waals surface area contributed by atoms with Gasteiger partial charge in [-0.3, -0.25) is 0 Å². The zero-order valence-corrected chi connectivity index (χ0v) is 19.4. The molecule has 0 aliphatic carbocycles. The first-order valence-electron chi connectivity index (χ1n) is 10.3. The average Bonchev–Trinajstić information content (AvgIpc) is 3.24. The summed E-state index contributed by atoms with van der Waals surface area (Å²) in [5.74, 6) is 1.70. The molecule has 5 aromatic rings. The van der Waals surface area contributed by atoms with Gasteiger partial charge in [0.15, 0.2) is 0 Å². The van der Waals surface area contributed by atoms with Crippen LogP contribution >= 0.6 is 23.1 Å². The van der Waals surface area contributed by atoms with Gasteiger partial charge in [-0.2, -0.15) is 0 Å². The van der Waals surface area contributed by atoms with E-state index in [1.165, 1.54) is 16.3 Å². The second-order valence-corrected chi connectivity index (χ2v) is 9.34. The molecule has 0 amide bonds. The number of nitrogens with zero attached hydrogens (tertiary/aromatic N) is 3. The molecule has 0 radical (unpaired) electrons. The number of thiazole rings is 1. The van der Waals surface area contributed by atoms with Gasteiger partial charge in [-0.25, -0.2) is 4.98 Å². The van der Waals surface area contributed by atoms with Gasteiger partial charge in [0.25, 0.3) is 0 Å². The normalized spacial score (nSPS) is 11.1. The number of hydrogen-bond acceptors (Lipinski definition) is 6. The number of aromatic nitrogens is 3. The highest BCUT2D eigenvalue weighted by Crippen LogP contribution is 2.35. The Morgan fingerprint density at radius 2 is 1.69 bits per heavy atom. The lowest BCUT2D eigenvalue weighted by atomic mass is 10.1. The van der Waals surface area contributed by atoms with E-state index in [9.17, 15) is 0 Å². The molecule has 2 aromatic heterocycles. The van der Waals surface area contributed by atoms with Crippen LogP contribution in [0.1, 0.15) is 11.3 Å². The van der Waals surface area contributed by atoms with Crippen molar-refractivity contribution in [2.24, 2.45) is 0 Å². The van der Waals surface area contributed by atoms with E-state index in [1.54, 1.807) is 30.2 Å². The van der Waals surface area contributed by atoms with E-state index in [-0.39, 0.29) is 0 Å². The highest BCUT2D eigenvalue weighted by atomic mass is 32.2. The number of aryl methyl sites for hydroxylation is 1. The molecule has 0 N–H and O–H groups in total. The maximum absolute atomic E-state index is 5.25. The van der Waals surface area contributed by atoms with Crippen LogP contribution in [-0.4, -0.2) is 22.3 Å². The zero-order chi connectivity index (χ0) is 21.9. The minimum absolute atomic E-state index is 0.838. The Bertz CT molecular complexity index is 1360. The molecule has 0 bridgehead atoms. The summed E-state index contributed by atoms with van der Waals surface area (Å²) in [5, 5.41) is 13.4. The van der Waals surface area contributed by atoms with Crippen LogP contribution in [0.2, 0.25) is 0 Å². The van der Waals surface area contributed by atoms with Crippen molar-refractivity contribution in [3.63, 3.8) is 0 Å². The topological polar surface area (TPSA) is 47.9 Å². The SMILES string of the molecule is COc1ccc(-c2nc(C)c(-c3ccc(SCc4cccc5ccccc45)nn3)s2)cc1. The molecule has 0 spiro atoms. The number of rotatable bonds is 6. The first-order chi connectivity index (χ1) is 15.7. The van der Waals surface area contributed by atoms with Crippen molar-refractivity contribution in [2.45, 2.75) is 17.7 Å². The van der Waals surface area contributed by atoms with E-state index >= 15 is 0 Å². The number of benzene rings is 3. The van der Waals surface area contributed by atoms with E-state index in [0.29, 0.717) is 0 Å². The van der Waals surface area contributed by atoms with Crippen LogP contribution in [0.3, 0.4) is 0 Å². The lowest BCUT2D eigenvalue weighted by Crippen LogP contribution is -1.90. The molecule has 3 aromatic carbocycles. The van der Waals surface area contributed by atoms with Crippen LogP contribution in [0.25, 0.3) is 31.9 Å². The maximum atomic E-state index is 5.25. The minimum Gasteiger partial charge on any atom is -0.497 e. The summed E-state index contributed by atoms with van der Waals surface area (Å²) in [7, 11) is 1.67. The van der Waals surface area contributed by atoms with Crippen LogP contribution in [0.4, 0.5) is 0 Å². The summed E-state index contributed by atoms with van der Waals surface area (Å²) in [5.41, 5.74) is 4.20. The second kappa shape index (κ2) is 9.10. The van der Waals surface area contributed by atoms with Gasteiger partial charge in [-0.1, -0.05) is 54.2 Å². The third-order valence-corrected chi connectivity index (χ3v) is 7.46. The average molecular weight is 456 g/mol. The standard InChI is InChI=1S/C26H21N3OS2/c1-17-25(32-26(27-17)19-10-12-21(30-2)13-11-19)23-14-15-24(29-28-23)31-16-20-8-5-7-18-6-3-4-9-22(18)20/h3-15H,16H2,1-2H3. The molecule has 5 rings (SSSR count). The fourth-order valence-electron chi connectivity index (χ4n) is 3.58. The molecule has 32 heavy (non-hydrogen) atoms. The van der Waals surface area contributed by atoms with Crippen LogP contribution in [0.5, 0.6) is 5.75 Å². The Labute approximate surface area is 195 Å². The Kier molecular flexibility index (Phi) is 5.88. The maximum Gasteiger partial charge on any atom is 0.124 e. The molecule has 0 unspecified atom stereocenters. The Morgan fingerprint density at radius 3 is 2.47 bits per heavy atom. The Hall–Kier alpha value is -3.22. The molecule has 0 saturated heterocycles. The summed E-state index contributed by atoms with van der Waals surface area (Å²) in [6.07, 6.45) is 0. The fourth-order valence-corrected chi connectivity index (χ4v) is 5.43. The van der Waals surface area contributed by atoms with Gasteiger partial charge in [0.05, 0.1) is 17.7 Å². The minimum atomic E-state index is 0.838. The number of ether oxygens (including phenoxy) is 1. The van der Waals surface area contributed by atoms with Gasteiger partial charge in [0.1, 0.15) is 21.5 Å². The Balaban J connectivity index is 1.33. The molecule has 0 atom stereocenters. The van der Waals surface area contributed by atoms with Crippen molar-refractivity contribution < 1.29 is 4.74 Å². The monoisotopic (exact) mass is 455 g/mol. The van der Waals surface area contributed by atoms with E-state index in [0.717, 1.165) is 43.4 Å². The Morgan fingerprint density at radius 1 is 0.875 bits per heavy atom.